The van der Waals surface area contributed by atoms with Crippen molar-refractivity contribution in [3.63, 3.8) is 0 Å². The van der Waals surface area contributed by atoms with E-state index in [1.807, 2.05) is 26.0 Å². The molecule has 1 rings (SSSR count). The molecule has 0 spiro atoms. The van der Waals surface area contributed by atoms with E-state index in [0.29, 0.717) is 0 Å². The van der Waals surface area contributed by atoms with Gasteiger partial charge in [0.25, 0.3) is 0 Å². The highest BCUT2D eigenvalue weighted by Gasteiger charge is 2.20. The molecule has 1 saturated carbocycles. The summed E-state index contributed by atoms with van der Waals surface area (Å²) >= 11 is 0. The van der Waals surface area contributed by atoms with Gasteiger partial charge in [-0.15, -0.1) is 0 Å². The van der Waals surface area contributed by atoms with Crippen molar-refractivity contribution in [2.75, 3.05) is 6.54 Å². The molecular weight excluding hydrogens is 158 g/mol. The first-order chi connectivity index (χ1) is 6.24. The predicted octanol–water partition coefficient (Wildman–Crippen LogP) is 3.02. The minimum atomic E-state index is 0.911. The van der Waals surface area contributed by atoms with Crippen LogP contribution in [-0.4, -0.2) is 6.54 Å². The van der Waals surface area contributed by atoms with Crippen LogP contribution in [0.3, 0.4) is 0 Å². The highest BCUT2D eigenvalue weighted by atomic mass is 14.9. The van der Waals surface area contributed by atoms with Crippen LogP contribution in [0.2, 0.25) is 0 Å². The summed E-state index contributed by atoms with van der Waals surface area (Å²) in [5.41, 5.74) is 2.28. The minimum absolute atomic E-state index is 0.911. The molecule has 0 radical (unpaired) electrons. The quantitative estimate of drug-likeness (QED) is 0.636. The van der Waals surface area contributed by atoms with Crippen molar-refractivity contribution in [1.82, 2.24) is 5.32 Å². The molecule has 0 aliphatic heterocycles. The summed E-state index contributed by atoms with van der Waals surface area (Å²) in [6.07, 6.45) is 8.94. The second-order valence-corrected chi connectivity index (χ2v) is 3.71. The lowest BCUT2D eigenvalue weighted by molar-refractivity contribution is 0.722. The summed E-state index contributed by atoms with van der Waals surface area (Å²) in [6, 6.07) is 0. The molecule has 1 aliphatic carbocycles. The molecule has 0 amide bonds. The summed E-state index contributed by atoms with van der Waals surface area (Å²) in [7, 11) is 0. The molecule has 1 heteroatoms. The third kappa shape index (κ3) is 3.97. The Bertz CT molecular complexity index is 232. The molecule has 72 valence electrons. The minimum Gasteiger partial charge on any atom is -0.385 e. The summed E-state index contributed by atoms with van der Waals surface area (Å²) in [6.45, 7) is 9.11. The average Bonchev–Trinajstić information content (AvgIpc) is 2.87. The number of hydrogen-bond donors (Lipinski definition) is 1. The van der Waals surface area contributed by atoms with Gasteiger partial charge in [0.1, 0.15) is 0 Å². The van der Waals surface area contributed by atoms with E-state index in [2.05, 4.69) is 18.0 Å². The van der Waals surface area contributed by atoms with Gasteiger partial charge in [-0.2, -0.15) is 0 Å². The molecule has 1 N–H and O–H groups in total. The zero-order valence-corrected chi connectivity index (χ0v) is 8.64. The normalized spacial score (nSPS) is 17.8. The predicted molar refractivity (Wildman–Crippen MR) is 58.4 cm³/mol. The second-order valence-electron chi connectivity index (χ2n) is 3.71. The molecule has 0 aromatic rings. The van der Waals surface area contributed by atoms with Crippen molar-refractivity contribution < 1.29 is 0 Å². The Morgan fingerprint density at radius 3 is 2.69 bits per heavy atom. The van der Waals surface area contributed by atoms with Crippen LogP contribution in [0.5, 0.6) is 0 Å². The van der Waals surface area contributed by atoms with E-state index in [-0.39, 0.29) is 0 Å². The molecule has 1 aliphatic rings. The topological polar surface area (TPSA) is 12.0 Å². The zero-order chi connectivity index (χ0) is 9.68. The maximum absolute atomic E-state index is 3.94. The third-order valence-electron chi connectivity index (χ3n) is 2.19. The lowest BCUT2D eigenvalue weighted by Crippen LogP contribution is -2.16. The molecule has 1 nitrogen and oxygen atoms in total. The van der Waals surface area contributed by atoms with Crippen molar-refractivity contribution in [1.29, 1.82) is 0 Å². The first-order valence-corrected chi connectivity index (χ1v) is 4.96. The van der Waals surface area contributed by atoms with Gasteiger partial charge in [-0.25, -0.2) is 0 Å². The maximum Gasteiger partial charge on any atom is 0.0363 e. The fourth-order valence-electron chi connectivity index (χ4n) is 1.12. The van der Waals surface area contributed by atoms with Gasteiger partial charge in [-0.3, -0.25) is 0 Å². The lowest BCUT2D eigenvalue weighted by Gasteiger charge is -2.09. The Morgan fingerprint density at radius 1 is 1.54 bits per heavy atom. The van der Waals surface area contributed by atoms with E-state index in [4.69, 9.17) is 0 Å². The van der Waals surface area contributed by atoms with Crippen LogP contribution in [0.4, 0.5) is 0 Å². The van der Waals surface area contributed by atoms with E-state index in [1.165, 1.54) is 18.5 Å². The maximum atomic E-state index is 3.94. The fourth-order valence-corrected chi connectivity index (χ4v) is 1.12. The van der Waals surface area contributed by atoms with Crippen molar-refractivity contribution in [2.24, 2.45) is 5.92 Å². The van der Waals surface area contributed by atoms with Gasteiger partial charge < -0.3 is 5.32 Å². The van der Waals surface area contributed by atoms with E-state index in [0.717, 1.165) is 18.0 Å². The Kier molecular flexibility index (Phi) is 3.81. The third-order valence-corrected chi connectivity index (χ3v) is 2.19. The van der Waals surface area contributed by atoms with Crippen LogP contribution >= 0.6 is 0 Å². The SMILES string of the molecule is C=C(C)/C(=C\C=C/C)NCC1CC1. The van der Waals surface area contributed by atoms with Crippen LogP contribution in [0.1, 0.15) is 26.7 Å². The van der Waals surface area contributed by atoms with Gasteiger partial charge in [-0.1, -0.05) is 18.7 Å². The van der Waals surface area contributed by atoms with Crippen molar-refractivity contribution in [2.45, 2.75) is 26.7 Å². The van der Waals surface area contributed by atoms with Crippen LogP contribution < -0.4 is 5.32 Å². The monoisotopic (exact) mass is 177 g/mol. The molecular formula is C12H19N. The first-order valence-electron chi connectivity index (χ1n) is 4.96. The summed E-state index contributed by atoms with van der Waals surface area (Å²) in [5, 5.41) is 3.43. The smallest absolute Gasteiger partial charge is 0.0363 e. The van der Waals surface area contributed by atoms with Gasteiger partial charge in [0.05, 0.1) is 0 Å². The molecule has 0 unspecified atom stereocenters. The molecule has 0 bridgehead atoms. The summed E-state index contributed by atoms with van der Waals surface area (Å²) < 4.78 is 0. The van der Waals surface area contributed by atoms with Crippen LogP contribution in [0.15, 0.2) is 36.1 Å². The van der Waals surface area contributed by atoms with Crippen LogP contribution in [-0.2, 0) is 0 Å². The van der Waals surface area contributed by atoms with Crippen LogP contribution in [0.25, 0.3) is 0 Å². The summed E-state index contributed by atoms with van der Waals surface area (Å²) in [4.78, 5) is 0. The van der Waals surface area contributed by atoms with Gasteiger partial charge in [0, 0.05) is 12.2 Å². The molecule has 0 saturated heterocycles. The highest BCUT2D eigenvalue weighted by molar-refractivity contribution is 5.28. The zero-order valence-electron chi connectivity index (χ0n) is 8.64. The van der Waals surface area contributed by atoms with Gasteiger partial charge in [-0.05, 0) is 44.3 Å². The Hall–Kier alpha value is -0.980. The second kappa shape index (κ2) is 4.90. The number of nitrogens with one attached hydrogen (secondary N) is 1. The van der Waals surface area contributed by atoms with Gasteiger partial charge in [0.2, 0.25) is 0 Å². The van der Waals surface area contributed by atoms with E-state index in [9.17, 15) is 0 Å². The highest BCUT2D eigenvalue weighted by Crippen LogP contribution is 2.28. The van der Waals surface area contributed by atoms with Gasteiger partial charge >= 0.3 is 0 Å². The average molecular weight is 177 g/mol. The van der Waals surface area contributed by atoms with Crippen molar-refractivity contribution >= 4 is 0 Å². The molecule has 0 aromatic heterocycles. The standard InChI is InChI=1S/C12H19N/c1-4-5-6-12(10(2)3)13-9-11-7-8-11/h4-6,11,13H,2,7-9H2,1,3H3/b5-4-,12-6+. The molecule has 0 heterocycles. The molecule has 0 aromatic carbocycles. The molecule has 1 fully saturated rings. The number of rotatable bonds is 5. The van der Waals surface area contributed by atoms with Gasteiger partial charge in [0.15, 0.2) is 0 Å². The summed E-state index contributed by atoms with van der Waals surface area (Å²) in [5.74, 6) is 0.911. The number of allylic oxidation sites excluding steroid dienone is 4. The lowest BCUT2D eigenvalue weighted by atomic mass is 10.2. The van der Waals surface area contributed by atoms with E-state index >= 15 is 0 Å². The van der Waals surface area contributed by atoms with Crippen molar-refractivity contribution in [3.8, 4) is 0 Å². The fraction of sp³-hybridized carbons (Fsp3) is 0.500. The Balaban J connectivity index is 2.40. The Labute approximate surface area is 81.2 Å². The van der Waals surface area contributed by atoms with E-state index < -0.39 is 0 Å². The van der Waals surface area contributed by atoms with Crippen molar-refractivity contribution in [3.05, 3.63) is 36.1 Å². The molecule has 13 heavy (non-hydrogen) atoms. The van der Waals surface area contributed by atoms with Crippen LogP contribution in [0, 0.1) is 5.92 Å². The largest absolute Gasteiger partial charge is 0.385 e. The molecule has 0 atom stereocenters. The van der Waals surface area contributed by atoms with E-state index in [1.54, 1.807) is 0 Å². The number of hydrogen-bond acceptors (Lipinski definition) is 1. The Morgan fingerprint density at radius 2 is 2.23 bits per heavy atom. The first kappa shape index (κ1) is 10.1.